The predicted octanol–water partition coefficient (Wildman–Crippen LogP) is 9.10. The molecule has 0 aromatic heterocycles. The second-order valence-electron chi connectivity index (χ2n) is 11.7. The van der Waals surface area contributed by atoms with Crippen molar-refractivity contribution in [3.8, 4) is 0 Å². The summed E-state index contributed by atoms with van der Waals surface area (Å²) < 4.78 is 32.5. The van der Waals surface area contributed by atoms with E-state index in [1.807, 2.05) is 0 Å². The summed E-state index contributed by atoms with van der Waals surface area (Å²) >= 11 is 0. The van der Waals surface area contributed by atoms with Gasteiger partial charge in [0.2, 0.25) is 0 Å². The van der Waals surface area contributed by atoms with Crippen molar-refractivity contribution in [1.82, 2.24) is 0 Å². The number of nitrogens with two attached hydrogens (primary N) is 1. The molecule has 0 aliphatic carbocycles. The van der Waals surface area contributed by atoms with Gasteiger partial charge in [0, 0.05) is 19.4 Å². The molecule has 0 aromatic carbocycles. The minimum atomic E-state index is -4.36. The van der Waals surface area contributed by atoms with Crippen LogP contribution in [0, 0.1) is 0 Å². The highest BCUT2D eigenvalue weighted by Gasteiger charge is 2.25. The molecule has 3 N–H and O–H groups in total. The highest BCUT2D eigenvalue weighted by molar-refractivity contribution is 7.47. The maximum atomic E-state index is 12.4. The van der Waals surface area contributed by atoms with Crippen molar-refractivity contribution in [3.63, 3.8) is 0 Å². The Morgan fingerprint density at radius 1 is 0.659 bits per heavy atom. The van der Waals surface area contributed by atoms with E-state index in [-0.39, 0.29) is 38.6 Å². The summed E-state index contributed by atoms with van der Waals surface area (Å²) in [5.41, 5.74) is 5.31. The minimum Gasteiger partial charge on any atom is -0.462 e. The number of allylic oxidation sites excluding steroid dienone is 2. The molecule has 0 saturated heterocycles. The van der Waals surface area contributed by atoms with Gasteiger partial charge in [-0.05, 0) is 32.1 Å². The monoisotopic (exact) mass is 647 g/mol. The fourth-order valence-corrected chi connectivity index (χ4v) is 5.50. The van der Waals surface area contributed by atoms with Gasteiger partial charge in [-0.1, -0.05) is 129 Å². The molecule has 0 bridgehead atoms. The zero-order chi connectivity index (χ0) is 32.6. The van der Waals surface area contributed by atoms with E-state index < -0.39 is 26.5 Å². The molecule has 1 unspecified atom stereocenters. The topological polar surface area (TPSA) is 134 Å². The molecule has 0 fully saturated rings. The van der Waals surface area contributed by atoms with Crippen LogP contribution >= 0.6 is 7.82 Å². The summed E-state index contributed by atoms with van der Waals surface area (Å²) in [6.45, 7) is 3.66. The first-order valence-electron chi connectivity index (χ1n) is 17.7. The Morgan fingerprint density at radius 2 is 1.14 bits per heavy atom. The number of rotatable bonds is 33. The molecule has 0 amide bonds. The number of hydrogen-bond donors (Lipinski definition) is 2. The molecule has 0 radical (unpaired) electrons. The molecule has 0 saturated carbocycles. The van der Waals surface area contributed by atoms with Gasteiger partial charge in [-0.25, -0.2) is 4.57 Å². The Bertz CT molecular complexity index is 749. The van der Waals surface area contributed by atoms with Crippen LogP contribution in [0.25, 0.3) is 0 Å². The second kappa shape index (κ2) is 31.7. The van der Waals surface area contributed by atoms with Crippen molar-refractivity contribution in [2.45, 2.75) is 168 Å². The third-order valence-electron chi connectivity index (χ3n) is 7.40. The van der Waals surface area contributed by atoms with Gasteiger partial charge in [0.1, 0.15) is 6.61 Å². The van der Waals surface area contributed by atoms with Crippen LogP contribution in [0.5, 0.6) is 0 Å². The van der Waals surface area contributed by atoms with Gasteiger partial charge in [0.05, 0.1) is 13.2 Å². The van der Waals surface area contributed by atoms with Gasteiger partial charge in [-0.3, -0.25) is 18.6 Å². The molecule has 0 rings (SSSR count). The van der Waals surface area contributed by atoms with Gasteiger partial charge in [-0.2, -0.15) is 0 Å². The number of esters is 2. The van der Waals surface area contributed by atoms with Crippen molar-refractivity contribution in [3.05, 3.63) is 12.2 Å². The molecular formula is C34H66NO8P. The number of phosphoric acid groups is 1. The fourth-order valence-electron chi connectivity index (χ4n) is 4.73. The summed E-state index contributed by atoms with van der Waals surface area (Å²) in [4.78, 5) is 34.5. The molecule has 0 aromatic rings. The molecule has 44 heavy (non-hydrogen) atoms. The molecule has 0 spiro atoms. The lowest BCUT2D eigenvalue weighted by molar-refractivity contribution is -0.161. The van der Waals surface area contributed by atoms with E-state index in [4.69, 9.17) is 24.3 Å². The Balaban J connectivity index is 4.26. The molecule has 0 aliphatic heterocycles. The van der Waals surface area contributed by atoms with E-state index >= 15 is 0 Å². The standard InChI is InChI=1S/C34H66NO8P/c1-3-5-7-9-11-13-15-17-18-20-22-24-26-33(36)40-30-32(31-42-44(38,39)41-29-28-35)43-34(37)27-25-23-21-19-16-14-12-10-8-6-4-2/h10,12,32H,3-9,11,13-31,35H2,1-2H3,(H,38,39)/b12-10+/t32-/m1/s1. The third-order valence-corrected chi connectivity index (χ3v) is 8.39. The summed E-state index contributed by atoms with van der Waals surface area (Å²) in [7, 11) is -4.36. The molecule has 0 heterocycles. The van der Waals surface area contributed by atoms with Gasteiger partial charge < -0.3 is 20.1 Å². The lowest BCUT2D eigenvalue weighted by Gasteiger charge is -2.19. The predicted molar refractivity (Wildman–Crippen MR) is 178 cm³/mol. The molecule has 10 heteroatoms. The van der Waals surface area contributed by atoms with Crippen LogP contribution in [-0.4, -0.2) is 49.3 Å². The van der Waals surface area contributed by atoms with E-state index in [1.54, 1.807) is 0 Å². The maximum absolute atomic E-state index is 12.4. The van der Waals surface area contributed by atoms with Crippen LogP contribution in [0.2, 0.25) is 0 Å². The van der Waals surface area contributed by atoms with Crippen molar-refractivity contribution >= 4 is 19.8 Å². The van der Waals surface area contributed by atoms with Gasteiger partial charge >= 0.3 is 19.8 Å². The molecule has 2 atom stereocenters. The van der Waals surface area contributed by atoms with Crippen molar-refractivity contribution in [2.75, 3.05) is 26.4 Å². The average Bonchev–Trinajstić information content (AvgIpc) is 3.00. The smallest absolute Gasteiger partial charge is 0.462 e. The summed E-state index contributed by atoms with van der Waals surface area (Å²) in [6.07, 6.45) is 28.1. The van der Waals surface area contributed by atoms with Crippen LogP contribution < -0.4 is 5.73 Å². The van der Waals surface area contributed by atoms with E-state index in [0.717, 1.165) is 57.8 Å². The fraction of sp³-hybridized carbons (Fsp3) is 0.882. The Hall–Kier alpha value is -1.25. The quantitative estimate of drug-likeness (QED) is 0.0309. The van der Waals surface area contributed by atoms with Gasteiger partial charge in [-0.15, -0.1) is 0 Å². The van der Waals surface area contributed by atoms with Gasteiger partial charge in [0.25, 0.3) is 0 Å². The molecule has 9 nitrogen and oxygen atoms in total. The van der Waals surface area contributed by atoms with Crippen molar-refractivity contribution in [1.29, 1.82) is 0 Å². The Kier molecular flexibility index (Phi) is 30.8. The van der Waals surface area contributed by atoms with Crippen LogP contribution in [-0.2, 0) is 32.7 Å². The van der Waals surface area contributed by atoms with Crippen LogP contribution in [0.4, 0.5) is 0 Å². The van der Waals surface area contributed by atoms with E-state index in [0.29, 0.717) is 6.42 Å². The highest BCUT2D eigenvalue weighted by Crippen LogP contribution is 2.43. The van der Waals surface area contributed by atoms with Crippen LogP contribution in [0.3, 0.4) is 0 Å². The van der Waals surface area contributed by atoms with Gasteiger partial charge in [0.15, 0.2) is 6.10 Å². The zero-order valence-corrected chi connectivity index (χ0v) is 29.0. The number of hydrogen-bond acceptors (Lipinski definition) is 8. The Morgan fingerprint density at radius 3 is 1.68 bits per heavy atom. The van der Waals surface area contributed by atoms with Crippen LogP contribution in [0.15, 0.2) is 12.2 Å². The molecular weight excluding hydrogens is 581 g/mol. The summed E-state index contributed by atoms with van der Waals surface area (Å²) in [5, 5.41) is 0. The number of ether oxygens (including phenoxy) is 2. The number of carbonyl (C=O) groups excluding carboxylic acids is 2. The van der Waals surface area contributed by atoms with Crippen molar-refractivity contribution in [2.24, 2.45) is 5.73 Å². The number of unbranched alkanes of at least 4 members (excludes halogenated alkanes) is 18. The first-order chi connectivity index (χ1) is 21.3. The number of carbonyl (C=O) groups is 2. The Labute approximate surface area is 269 Å². The second-order valence-corrected chi connectivity index (χ2v) is 13.2. The van der Waals surface area contributed by atoms with Crippen LogP contribution in [0.1, 0.15) is 162 Å². The van der Waals surface area contributed by atoms with E-state index in [2.05, 4.69) is 26.0 Å². The average molecular weight is 648 g/mol. The first-order valence-corrected chi connectivity index (χ1v) is 19.2. The molecule has 0 aliphatic rings. The van der Waals surface area contributed by atoms with E-state index in [9.17, 15) is 19.0 Å². The normalized spacial score (nSPS) is 13.6. The lowest BCUT2D eigenvalue weighted by atomic mass is 10.0. The number of phosphoric ester groups is 1. The highest BCUT2D eigenvalue weighted by atomic mass is 31.2. The third kappa shape index (κ3) is 30.8. The largest absolute Gasteiger partial charge is 0.472 e. The zero-order valence-electron chi connectivity index (χ0n) is 28.2. The summed E-state index contributed by atoms with van der Waals surface area (Å²) in [6, 6.07) is 0. The van der Waals surface area contributed by atoms with E-state index in [1.165, 1.54) is 70.6 Å². The maximum Gasteiger partial charge on any atom is 0.472 e. The molecule has 260 valence electrons. The lowest BCUT2D eigenvalue weighted by Crippen LogP contribution is -2.29. The first kappa shape index (κ1) is 42.8. The SMILES string of the molecule is CCCC/C=C/CCCCCCCC(=O)O[C@H](COC(=O)CCCCCCCCCCCCCC)COP(=O)(O)OCCN. The van der Waals surface area contributed by atoms with Crippen molar-refractivity contribution < 1.29 is 37.6 Å². The minimum absolute atomic E-state index is 0.0543. The summed E-state index contributed by atoms with van der Waals surface area (Å²) in [5.74, 6) is -0.838.